The molecule has 8 heteroatoms. The standard InChI is InChI=1S/C24H18N6O2/c31-24(27-19-9-11-21(12-10-19)30-16-25-28-29-30)18-6-13-22(14-7-18)32-15-20-8-5-17-3-1-2-4-23(17)26-20/h1-14,16H,15H2,(H,27,31). The maximum atomic E-state index is 12.5. The predicted octanol–water partition coefficient (Wildman–Crippen LogP) is 4.04. The minimum Gasteiger partial charge on any atom is -0.487 e. The van der Waals surface area contributed by atoms with Gasteiger partial charge in [-0.05, 0) is 71.1 Å². The smallest absolute Gasteiger partial charge is 0.255 e. The second kappa shape index (κ2) is 8.65. The van der Waals surface area contributed by atoms with Gasteiger partial charge in [0.1, 0.15) is 18.7 Å². The van der Waals surface area contributed by atoms with E-state index in [0.29, 0.717) is 23.6 Å². The highest BCUT2D eigenvalue weighted by molar-refractivity contribution is 6.04. The van der Waals surface area contributed by atoms with Crippen LogP contribution in [-0.2, 0) is 6.61 Å². The third-order valence-corrected chi connectivity index (χ3v) is 4.90. The number of fused-ring (bicyclic) bond motifs is 1. The number of nitrogens with one attached hydrogen (secondary N) is 1. The van der Waals surface area contributed by atoms with E-state index in [1.807, 2.05) is 48.5 Å². The van der Waals surface area contributed by atoms with Gasteiger partial charge in [0.05, 0.1) is 16.9 Å². The van der Waals surface area contributed by atoms with Crippen molar-refractivity contribution in [1.29, 1.82) is 0 Å². The van der Waals surface area contributed by atoms with Gasteiger partial charge < -0.3 is 10.1 Å². The molecule has 1 amide bonds. The number of pyridine rings is 1. The molecule has 0 radical (unpaired) electrons. The molecule has 1 N–H and O–H groups in total. The van der Waals surface area contributed by atoms with Gasteiger partial charge in [-0.2, -0.15) is 0 Å². The Labute approximate surface area is 183 Å². The summed E-state index contributed by atoms with van der Waals surface area (Å²) < 4.78 is 7.37. The first kappa shape index (κ1) is 19.4. The van der Waals surface area contributed by atoms with Crippen LogP contribution in [-0.4, -0.2) is 31.1 Å². The van der Waals surface area contributed by atoms with E-state index in [1.165, 1.54) is 11.0 Å². The van der Waals surface area contributed by atoms with Crippen molar-refractivity contribution in [2.75, 3.05) is 5.32 Å². The molecule has 0 aliphatic heterocycles. The van der Waals surface area contributed by atoms with Crippen molar-refractivity contribution < 1.29 is 9.53 Å². The normalized spacial score (nSPS) is 10.8. The van der Waals surface area contributed by atoms with Crippen LogP contribution in [0, 0.1) is 0 Å². The number of nitrogens with zero attached hydrogens (tertiary/aromatic N) is 5. The largest absolute Gasteiger partial charge is 0.487 e. The van der Waals surface area contributed by atoms with Gasteiger partial charge in [0.15, 0.2) is 0 Å². The predicted molar refractivity (Wildman–Crippen MR) is 120 cm³/mol. The molecule has 2 heterocycles. The fourth-order valence-electron chi connectivity index (χ4n) is 3.23. The van der Waals surface area contributed by atoms with Crippen molar-refractivity contribution in [3.05, 3.63) is 103 Å². The minimum atomic E-state index is -0.206. The number of para-hydroxylation sites is 1. The second-order valence-electron chi connectivity index (χ2n) is 7.06. The molecule has 5 rings (SSSR count). The molecule has 0 saturated heterocycles. The first-order chi connectivity index (χ1) is 15.7. The lowest BCUT2D eigenvalue weighted by molar-refractivity contribution is 0.102. The molecule has 32 heavy (non-hydrogen) atoms. The zero-order valence-corrected chi connectivity index (χ0v) is 16.9. The average molecular weight is 422 g/mol. The number of hydrogen-bond acceptors (Lipinski definition) is 6. The second-order valence-corrected chi connectivity index (χ2v) is 7.06. The molecule has 0 bridgehead atoms. The molecular weight excluding hydrogens is 404 g/mol. The molecule has 0 unspecified atom stereocenters. The SMILES string of the molecule is O=C(Nc1ccc(-n2cnnn2)cc1)c1ccc(OCc2ccc3ccccc3n2)cc1. The molecule has 0 aliphatic rings. The van der Waals surface area contributed by atoms with Gasteiger partial charge >= 0.3 is 0 Å². The summed E-state index contributed by atoms with van der Waals surface area (Å²) in [6.07, 6.45) is 1.51. The molecule has 3 aromatic carbocycles. The summed E-state index contributed by atoms with van der Waals surface area (Å²) in [5.41, 5.74) is 3.79. The number of rotatable bonds is 6. The van der Waals surface area contributed by atoms with Crippen molar-refractivity contribution in [2.45, 2.75) is 6.61 Å². The Morgan fingerprint density at radius 2 is 1.72 bits per heavy atom. The Balaban J connectivity index is 1.19. The maximum absolute atomic E-state index is 12.5. The van der Waals surface area contributed by atoms with E-state index in [9.17, 15) is 4.79 Å². The van der Waals surface area contributed by atoms with Gasteiger partial charge in [0.25, 0.3) is 5.91 Å². The number of tetrazole rings is 1. The Morgan fingerprint density at radius 1 is 0.906 bits per heavy atom. The third-order valence-electron chi connectivity index (χ3n) is 4.90. The van der Waals surface area contributed by atoms with E-state index in [2.05, 4.69) is 25.8 Å². The van der Waals surface area contributed by atoms with E-state index >= 15 is 0 Å². The summed E-state index contributed by atoms with van der Waals surface area (Å²) in [5.74, 6) is 0.463. The fourth-order valence-corrected chi connectivity index (χ4v) is 3.23. The van der Waals surface area contributed by atoms with E-state index in [1.54, 1.807) is 36.4 Å². The average Bonchev–Trinajstić information content (AvgIpc) is 3.38. The number of benzene rings is 3. The van der Waals surface area contributed by atoms with Crippen molar-refractivity contribution in [3.8, 4) is 11.4 Å². The van der Waals surface area contributed by atoms with E-state index < -0.39 is 0 Å². The van der Waals surface area contributed by atoms with Crippen LogP contribution in [0.3, 0.4) is 0 Å². The Bertz CT molecular complexity index is 1350. The highest BCUT2D eigenvalue weighted by atomic mass is 16.5. The monoisotopic (exact) mass is 422 g/mol. The molecule has 8 nitrogen and oxygen atoms in total. The van der Waals surface area contributed by atoms with E-state index in [4.69, 9.17) is 4.74 Å². The Kier molecular flexibility index (Phi) is 5.24. The zero-order chi connectivity index (χ0) is 21.8. The highest BCUT2D eigenvalue weighted by Crippen LogP contribution is 2.18. The van der Waals surface area contributed by atoms with Gasteiger partial charge in [-0.15, -0.1) is 5.10 Å². The third kappa shape index (κ3) is 4.29. The summed E-state index contributed by atoms with van der Waals surface area (Å²) >= 11 is 0. The van der Waals surface area contributed by atoms with Crippen molar-refractivity contribution in [1.82, 2.24) is 25.2 Å². The molecule has 0 fully saturated rings. The van der Waals surface area contributed by atoms with Crippen LogP contribution in [0.15, 0.2) is 91.3 Å². The van der Waals surface area contributed by atoms with E-state index in [-0.39, 0.29) is 5.91 Å². The Hall–Kier alpha value is -4.59. The van der Waals surface area contributed by atoms with Crippen molar-refractivity contribution >= 4 is 22.5 Å². The summed E-state index contributed by atoms with van der Waals surface area (Å²) in [6, 6.07) is 26.2. The lowest BCUT2D eigenvalue weighted by Crippen LogP contribution is -2.11. The summed E-state index contributed by atoms with van der Waals surface area (Å²) in [5, 5.41) is 15.0. The topological polar surface area (TPSA) is 94.8 Å². The molecule has 0 aliphatic carbocycles. The van der Waals surface area contributed by atoms with E-state index in [0.717, 1.165) is 22.3 Å². The highest BCUT2D eigenvalue weighted by Gasteiger charge is 2.08. The van der Waals surface area contributed by atoms with Gasteiger partial charge in [-0.25, -0.2) is 9.67 Å². The van der Waals surface area contributed by atoms with Crippen LogP contribution in [0.2, 0.25) is 0 Å². The summed E-state index contributed by atoms with van der Waals surface area (Å²) in [6.45, 7) is 0.351. The lowest BCUT2D eigenvalue weighted by atomic mass is 10.2. The molecular formula is C24H18N6O2. The van der Waals surface area contributed by atoms with Crippen LogP contribution in [0.5, 0.6) is 5.75 Å². The van der Waals surface area contributed by atoms with Gasteiger partial charge in [0, 0.05) is 16.6 Å². The molecule has 0 atom stereocenters. The zero-order valence-electron chi connectivity index (χ0n) is 16.9. The number of carbonyl (C=O) groups is 1. The molecule has 0 spiro atoms. The summed E-state index contributed by atoms with van der Waals surface area (Å²) in [7, 11) is 0. The fraction of sp³-hybridized carbons (Fsp3) is 0.0417. The summed E-state index contributed by atoms with van der Waals surface area (Å²) in [4.78, 5) is 17.1. The maximum Gasteiger partial charge on any atom is 0.255 e. The van der Waals surface area contributed by atoms with Crippen LogP contribution >= 0.6 is 0 Å². The molecule has 0 saturated carbocycles. The van der Waals surface area contributed by atoms with Crippen molar-refractivity contribution in [2.24, 2.45) is 0 Å². The molecule has 2 aromatic heterocycles. The number of amides is 1. The van der Waals surface area contributed by atoms with Crippen LogP contribution in [0.1, 0.15) is 16.1 Å². The van der Waals surface area contributed by atoms with Crippen molar-refractivity contribution in [3.63, 3.8) is 0 Å². The number of ether oxygens (including phenoxy) is 1. The Morgan fingerprint density at radius 3 is 2.50 bits per heavy atom. The number of anilines is 1. The molecule has 5 aromatic rings. The van der Waals surface area contributed by atoms with Crippen LogP contribution in [0.25, 0.3) is 16.6 Å². The lowest BCUT2D eigenvalue weighted by Gasteiger charge is -2.09. The number of hydrogen-bond donors (Lipinski definition) is 1. The van der Waals surface area contributed by atoms with Gasteiger partial charge in [0.2, 0.25) is 0 Å². The number of carbonyl (C=O) groups excluding carboxylic acids is 1. The number of aromatic nitrogens is 5. The quantitative estimate of drug-likeness (QED) is 0.444. The first-order valence-electron chi connectivity index (χ1n) is 9.97. The van der Waals surface area contributed by atoms with Gasteiger partial charge in [-0.3, -0.25) is 4.79 Å². The van der Waals surface area contributed by atoms with Crippen LogP contribution < -0.4 is 10.1 Å². The first-order valence-corrected chi connectivity index (χ1v) is 9.97. The van der Waals surface area contributed by atoms with Gasteiger partial charge in [-0.1, -0.05) is 24.3 Å². The van der Waals surface area contributed by atoms with Crippen LogP contribution in [0.4, 0.5) is 5.69 Å². The minimum absolute atomic E-state index is 0.206. The molecule has 156 valence electrons.